The third-order valence-corrected chi connectivity index (χ3v) is 6.01. The molecule has 1 aromatic carbocycles. The summed E-state index contributed by atoms with van der Waals surface area (Å²) in [5, 5.41) is 15.8. The van der Waals surface area contributed by atoms with Gasteiger partial charge < -0.3 is 11.1 Å². The highest BCUT2D eigenvalue weighted by Crippen LogP contribution is 2.47. The number of nitrogens with one attached hydrogen (secondary N) is 1. The molecule has 1 aliphatic carbocycles. The normalized spacial score (nSPS) is 12.3. The molecule has 3 heterocycles. The van der Waals surface area contributed by atoms with Gasteiger partial charge in [-0.3, -0.25) is 9.97 Å². The number of hydrogen-bond donors (Lipinski definition) is 2. The fourth-order valence-electron chi connectivity index (χ4n) is 4.46. The number of alkyl halides is 3. The standard InChI is InChI=1S/C24H16F5N7/c1-32-21-15-4-18-19(14(15)3-17(25)20(21)26)22(36-10-13(6-31)23(35-36)24(27,28)29)16(9-34-18)12-2-11(5-30)7-33-8-12/h2-3,7-10,32H,4,6,31H2,1H3. The predicted molar refractivity (Wildman–Crippen MR) is 120 cm³/mol. The van der Waals surface area contributed by atoms with Crippen LogP contribution in [0.4, 0.5) is 27.6 Å². The molecule has 0 aliphatic heterocycles. The molecule has 3 aromatic heterocycles. The molecular formula is C24H16F5N7. The number of anilines is 1. The molecule has 0 atom stereocenters. The topological polar surface area (TPSA) is 105 Å². The van der Waals surface area contributed by atoms with Crippen molar-refractivity contribution in [1.29, 1.82) is 5.26 Å². The molecular weight excluding hydrogens is 481 g/mol. The Morgan fingerprint density at radius 2 is 1.94 bits per heavy atom. The molecule has 36 heavy (non-hydrogen) atoms. The molecule has 5 rings (SSSR count). The third-order valence-electron chi connectivity index (χ3n) is 6.01. The zero-order valence-electron chi connectivity index (χ0n) is 18.6. The minimum absolute atomic E-state index is 0.0669. The summed E-state index contributed by atoms with van der Waals surface area (Å²) in [6.45, 7) is -0.427. The van der Waals surface area contributed by atoms with Crippen molar-refractivity contribution in [2.75, 3.05) is 12.4 Å². The summed E-state index contributed by atoms with van der Waals surface area (Å²) in [7, 11) is 1.44. The lowest BCUT2D eigenvalue weighted by molar-refractivity contribution is -0.141. The Labute approximate surface area is 201 Å². The number of halogens is 5. The maximum atomic E-state index is 14.6. The van der Waals surface area contributed by atoms with Gasteiger partial charge in [0.2, 0.25) is 0 Å². The van der Waals surface area contributed by atoms with E-state index in [9.17, 15) is 27.2 Å². The Morgan fingerprint density at radius 1 is 1.17 bits per heavy atom. The summed E-state index contributed by atoms with van der Waals surface area (Å²) in [4.78, 5) is 8.49. The number of nitrogens with two attached hydrogens (primary N) is 1. The van der Waals surface area contributed by atoms with Crippen LogP contribution in [0.2, 0.25) is 0 Å². The second-order valence-electron chi connectivity index (χ2n) is 8.07. The first kappa shape index (κ1) is 23.4. The lowest BCUT2D eigenvalue weighted by atomic mass is 9.98. The van der Waals surface area contributed by atoms with Crippen molar-refractivity contribution in [3.8, 4) is 34.0 Å². The number of nitrogens with zero attached hydrogens (tertiary/aromatic N) is 5. The SMILES string of the molecule is CNc1c(F)c(F)cc2c1Cc1ncc(-c3cncc(C#N)c3)c(-n3cc(CN)c(C(F)(F)F)n3)c1-2. The van der Waals surface area contributed by atoms with Gasteiger partial charge in [-0.15, -0.1) is 0 Å². The van der Waals surface area contributed by atoms with Gasteiger partial charge in [0.25, 0.3) is 0 Å². The van der Waals surface area contributed by atoms with Crippen LogP contribution in [0.15, 0.2) is 36.9 Å². The fraction of sp³-hybridized carbons (Fsp3) is 0.167. The Kier molecular flexibility index (Phi) is 5.44. The number of nitriles is 1. The second-order valence-corrected chi connectivity index (χ2v) is 8.07. The van der Waals surface area contributed by atoms with E-state index in [2.05, 4.69) is 20.4 Å². The average Bonchev–Trinajstić information content (AvgIpc) is 3.46. The van der Waals surface area contributed by atoms with Crippen molar-refractivity contribution in [2.24, 2.45) is 5.73 Å². The molecule has 4 aromatic rings. The Morgan fingerprint density at radius 3 is 2.58 bits per heavy atom. The number of fused-ring (bicyclic) bond motifs is 3. The molecule has 0 saturated heterocycles. The molecule has 0 amide bonds. The van der Waals surface area contributed by atoms with Crippen molar-refractivity contribution in [3.63, 3.8) is 0 Å². The highest BCUT2D eigenvalue weighted by molar-refractivity contribution is 5.92. The van der Waals surface area contributed by atoms with E-state index < -0.39 is 30.0 Å². The van der Waals surface area contributed by atoms with E-state index in [1.165, 1.54) is 31.7 Å². The van der Waals surface area contributed by atoms with E-state index in [-0.39, 0.29) is 34.5 Å². The first-order chi connectivity index (χ1) is 17.2. The molecule has 12 heteroatoms. The van der Waals surface area contributed by atoms with Gasteiger partial charge in [0.05, 0.1) is 22.6 Å². The van der Waals surface area contributed by atoms with Crippen molar-refractivity contribution in [1.82, 2.24) is 19.7 Å². The molecule has 0 saturated carbocycles. The van der Waals surface area contributed by atoms with Crippen LogP contribution >= 0.6 is 0 Å². The van der Waals surface area contributed by atoms with Gasteiger partial charge in [-0.05, 0) is 23.3 Å². The first-order valence-corrected chi connectivity index (χ1v) is 10.6. The Balaban J connectivity index is 1.88. The van der Waals surface area contributed by atoms with Crippen LogP contribution in [0, 0.1) is 23.0 Å². The number of hydrogen-bond acceptors (Lipinski definition) is 6. The van der Waals surface area contributed by atoms with Gasteiger partial charge in [0, 0.05) is 67.1 Å². The highest BCUT2D eigenvalue weighted by atomic mass is 19.4. The quantitative estimate of drug-likeness (QED) is 0.353. The lowest BCUT2D eigenvalue weighted by Crippen LogP contribution is -2.12. The molecule has 7 nitrogen and oxygen atoms in total. The molecule has 0 spiro atoms. The smallest absolute Gasteiger partial charge is 0.385 e. The average molecular weight is 497 g/mol. The van der Waals surface area contributed by atoms with E-state index >= 15 is 0 Å². The Bertz CT molecular complexity index is 1570. The summed E-state index contributed by atoms with van der Waals surface area (Å²) in [6, 6.07) is 4.46. The molecule has 0 unspecified atom stereocenters. The van der Waals surface area contributed by atoms with E-state index in [4.69, 9.17) is 5.73 Å². The van der Waals surface area contributed by atoms with Crippen LogP contribution in [0.3, 0.4) is 0 Å². The van der Waals surface area contributed by atoms with Crippen molar-refractivity contribution in [3.05, 3.63) is 76.6 Å². The van der Waals surface area contributed by atoms with Crippen LogP contribution in [0.1, 0.15) is 28.1 Å². The van der Waals surface area contributed by atoms with Gasteiger partial charge in [-0.1, -0.05) is 0 Å². The zero-order chi connectivity index (χ0) is 25.8. The predicted octanol–water partition coefficient (Wildman–Crippen LogP) is 4.57. The van der Waals surface area contributed by atoms with Crippen molar-refractivity contribution >= 4 is 5.69 Å². The summed E-state index contributed by atoms with van der Waals surface area (Å²) in [5.41, 5.74) is 6.49. The molecule has 0 radical (unpaired) electrons. The lowest BCUT2D eigenvalue weighted by Gasteiger charge is -2.16. The van der Waals surface area contributed by atoms with Crippen LogP contribution in [0.5, 0.6) is 0 Å². The maximum Gasteiger partial charge on any atom is 0.435 e. The summed E-state index contributed by atoms with van der Waals surface area (Å²) in [6.07, 6.45) is 0.663. The van der Waals surface area contributed by atoms with E-state index in [1.54, 1.807) is 0 Å². The molecule has 1 aliphatic rings. The minimum atomic E-state index is -4.77. The van der Waals surface area contributed by atoms with Gasteiger partial charge in [-0.25, -0.2) is 13.5 Å². The number of pyridine rings is 2. The van der Waals surface area contributed by atoms with Gasteiger partial charge in [0.15, 0.2) is 17.3 Å². The minimum Gasteiger partial charge on any atom is -0.385 e. The number of rotatable bonds is 4. The number of aromatic nitrogens is 4. The molecule has 182 valence electrons. The highest BCUT2D eigenvalue weighted by Gasteiger charge is 2.38. The van der Waals surface area contributed by atoms with E-state index in [1.807, 2.05) is 6.07 Å². The van der Waals surface area contributed by atoms with E-state index in [0.717, 1.165) is 16.9 Å². The molecule has 0 fully saturated rings. The van der Waals surface area contributed by atoms with Gasteiger partial charge >= 0.3 is 6.18 Å². The monoisotopic (exact) mass is 497 g/mol. The third kappa shape index (κ3) is 3.56. The van der Waals surface area contributed by atoms with Crippen LogP contribution < -0.4 is 11.1 Å². The second kappa shape index (κ2) is 8.39. The number of benzene rings is 1. The zero-order valence-corrected chi connectivity index (χ0v) is 18.6. The fourth-order valence-corrected chi connectivity index (χ4v) is 4.46. The van der Waals surface area contributed by atoms with Crippen molar-refractivity contribution < 1.29 is 22.0 Å². The molecule has 0 bridgehead atoms. The summed E-state index contributed by atoms with van der Waals surface area (Å²) in [5.74, 6) is -2.20. The van der Waals surface area contributed by atoms with Gasteiger partial charge in [-0.2, -0.15) is 23.5 Å². The summed E-state index contributed by atoms with van der Waals surface area (Å²) >= 11 is 0. The van der Waals surface area contributed by atoms with Gasteiger partial charge in [0.1, 0.15) is 6.07 Å². The maximum absolute atomic E-state index is 14.6. The van der Waals surface area contributed by atoms with Crippen LogP contribution in [-0.2, 0) is 19.1 Å². The Hall–Kier alpha value is -4.37. The van der Waals surface area contributed by atoms with Crippen LogP contribution in [0.25, 0.3) is 27.9 Å². The summed E-state index contributed by atoms with van der Waals surface area (Å²) < 4.78 is 71.2. The van der Waals surface area contributed by atoms with Crippen molar-refractivity contribution in [2.45, 2.75) is 19.1 Å². The molecule has 3 N–H and O–H groups in total. The first-order valence-electron chi connectivity index (χ1n) is 10.6. The largest absolute Gasteiger partial charge is 0.435 e. The van der Waals surface area contributed by atoms with Crippen LogP contribution in [-0.4, -0.2) is 26.8 Å². The van der Waals surface area contributed by atoms with E-state index in [0.29, 0.717) is 27.9 Å².